The zero-order valence-electron chi connectivity index (χ0n) is 15.6. The number of carbonyl (C=O) groups is 1. The van der Waals surface area contributed by atoms with E-state index in [4.69, 9.17) is 5.73 Å². The molecule has 1 amide bonds. The summed E-state index contributed by atoms with van der Waals surface area (Å²) in [5.74, 6) is -0.111. The van der Waals surface area contributed by atoms with Crippen molar-refractivity contribution in [3.8, 4) is 0 Å². The van der Waals surface area contributed by atoms with Gasteiger partial charge >= 0.3 is 0 Å². The minimum absolute atomic E-state index is 0.0386. The van der Waals surface area contributed by atoms with E-state index in [-0.39, 0.29) is 11.8 Å². The summed E-state index contributed by atoms with van der Waals surface area (Å²) in [6.07, 6.45) is 4.10. The molecule has 2 saturated heterocycles. The molecule has 1 aromatic rings. The quantitative estimate of drug-likeness (QED) is 0.862. The maximum atomic E-state index is 11.4. The summed E-state index contributed by atoms with van der Waals surface area (Å²) in [5.41, 5.74) is 7.95. The van der Waals surface area contributed by atoms with Gasteiger partial charge in [0.2, 0.25) is 5.91 Å². The van der Waals surface area contributed by atoms with Gasteiger partial charge in [-0.15, -0.1) is 0 Å². The van der Waals surface area contributed by atoms with E-state index in [1.165, 1.54) is 37.3 Å². The van der Waals surface area contributed by atoms with E-state index in [1.54, 1.807) is 0 Å². The molecular formula is C20H32N4O. The number of primary amides is 1. The molecule has 3 rings (SSSR count). The average Bonchev–Trinajstić information content (AvgIpc) is 2.63. The number of piperidine rings is 2. The van der Waals surface area contributed by atoms with Crippen LogP contribution in [-0.2, 0) is 4.79 Å². The van der Waals surface area contributed by atoms with Crippen molar-refractivity contribution in [2.45, 2.75) is 51.6 Å². The molecule has 3 N–H and O–H groups in total. The van der Waals surface area contributed by atoms with Crippen LogP contribution in [-0.4, -0.2) is 49.1 Å². The molecule has 138 valence electrons. The van der Waals surface area contributed by atoms with Gasteiger partial charge in [-0.05, 0) is 51.7 Å². The Morgan fingerprint density at radius 2 is 1.72 bits per heavy atom. The molecule has 25 heavy (non-hydrogen) atoms. The molecule has 1 aromatic carbocycles. The molecule has 5 nitrogen and oxygen atoms in total. The maximum absolute atomic E-state index is 11.4. The van der Waals surface area contributed by atoms with E-state index in [2.05, 4.69) is 53.2 Å². The van der Waals surface area contributed by atoms with E-state index in [9.17, 15) is 4.79 Å². The van der Waals surface area contributed by atoms with Crippen LogP contribution >= 0.6 is 0 Å². The molecule has 0 radical (unpaired) electrons. The van der Waals surface area contributed by atoms with Crippen LogP contribution in [0.4, 0.5) is 11.4 Å². The topological polar surface area (TPSA) is 61.6 Å². The van der Waals surface area contributed by atoms with Gasteiger partial charge in [-0.3, -0.25) is 4.79 Å². The van der Waals surface area contributed by atoms with Crippen molar-refractivity contribution in [2.75, 3.05) is 36.4 Å². The molecule has 0 aliphatic carbocycles. The van der Waals surface area contributed by atoms with Gasteiger partial charge in [-0.25, -0.2) is 0 Å². The van der Waals surface area contributed by atoms with Crippen molar-refractivity contribution in [2.24, 2.45) is 11.7 Å². The standard InChI is InChI=1S/C20H32N4O/c1-15(2)23-13-9-17(10-14-23)22-18-5-3-4-6-19(18)24-11-7-16(8-12-24)20(21)25/h3-6,15-17,22H,7-14H2,1-2H3,(H2,21,25). The lowest BCUT2D eigenvalue weighted by Gasteiger charge is -2.37. The molecule has 0 atom stereocenters. The molecule has 2 aliphatic rings. The van der Waals surface area contributed by atoms with Gasteiger partial charge in [-0.2, -0.15) is 0 Å². The van der Waals surface area contributed by atoms with Crippen LogP contribution in [0.2, 0.25) is 0 Å². The molecule has 0 spiro atoms. The zero-order valence-corrected chi connectivity index (χ0v) is 15.6. The highest BCUT2D eigenvalue weighted by Crippen LogP contribution is 2.31. The highest BCUT2D eigenvalue weighted by Gasteiger charge is 2.25. The maximum Gasteiger partial charge on any atom is 0.220 e. The van der Waals surface area contributed by atoms with Gasteiger partial charge in [0.05, 0.1) is 11.4 Å². The molecule has 2 heterocycles. The van der Waals surface area contributed by atoms with Crippen molar-refractivity contribution < 1.29 is 4.79 Å². The van der Waals surface area contributed by atoms with Crippen LogP contribution in [0.1, 0.15) is 39.5 Å². The van der Waals surface area contributed by atoms with Crippen LogP contribution in [0.15, 0.2) is 24.3 Å². The highest BCUT2D eigenvalue weighted by atomic mass is 16.1. The van der Waals surface area contributed by atoms with Crippen molar-refractivity contribution >= 4 is 17.3 Å². The van der Waals surface area contributed by atoms with Crippen LogP contribution < -0.4 is 16.0 Å². The Balaban J connectivity index is 1.61. The third kappa shape index (κ3) is 4.46. The molecule has 0 aromatic heterocycles. The second kappa shape index (κ2) is 8.09. The van der Waals surface area contributed by atoms with Crippen molar-refractivity contribution in [3.63, 3.8) is 0 Å². The Morgan fingerprint density at radius 1 is 1.08 bits per heavy atom. The lowest BCUT2D eigenvalue weighted by Crippen LogP contribution is -2.43. The Kier molecular flexibility index (Phi) is 5.84. The van der Waals surface area contributed by atoms with E-state index in [0.29, 0.717) is 12.1 Å². The number of likely N-dealkylation sites (tertiary alicyclic amines) is 1. The fourth-order valence-electron chi connectivity index (χ4n) is 4.06. The number of carbonyl (C=O) groups excluding carboxylic acids is 1. The molecule has 5 heteroatoms. The summed E-state index contributed by atoms with van der Waals surface area (Å²) in [6, 6.07) is 9.76. The number of nitrogens with one attached hydrogen (secondary N) is 1. The largest absolute Gasteiger partial charge is 0.381 e. The lowest BCUT2D eigenvalue weighted by molar-refractivity contribution is -0.122. The third-order valence-corrected chi connectivity index (χ3v) is 5.76. The fraction of sp³-hybridized carbons (Fsp3) is 0.650. The molecular weight excluding hydrogens is 312 g/mol. The van der Waals surface area contributed by atoms with Gasteiger partial charge in [0.15, 0.2) is 0 Å². The first-order chi connectivity index (χ1) is 12.0. The molecule has 2 fully saturated rings. The van der Waals surface area contributed by atoms with Crippen LogP contribution in [0.25, 0.3) is 0 Å². The first-order valence-corrected chi connectivity index (χ1v) is 9.68. The van der Waals surface area contributed by atoms with Crippen LogP contribution in [0.5, 0.6) is 0 Å². The monoisotopic (exact) mass is 344 g/mol. The minimum Gasteiger partial charge on any atom is -0.381 e. The second-order valence-electron chi connectivity index (χ2n) is 7.73. The summed E-state index contributed by atoms with van der Waals surface area (Å²) in [6.45, 7) is 8.69. The first kappa shape index (κ1) is 18.1. The Bertz CT molecular complexity index is 573. The molecule has 0 unspecified atom stereocenters. The third-order valence-electron chi connectivity index (χ3n) is 5.76. The normalized spacial score (nSPS) is 20.8. The van der Waals surface area contributed by atoms with E-state index >= 15 is 0 Å². The van der Waals surface area contributed by atoms with Gasteiger partial charge in [0.25, 0.3) is 0 Å². The summed E-state index contributed by atoms with van der Waals surface area (Å²) < 4.78 is 0. The Morgan fingerprint density at radius 3 is 2.32 bits per heavy atom. The zero-order chi connectivity index (χ0) is 17.8. The predicted molar refractivity (Wildman–Crippen MR) is 104 cm³/mol. The second-order valence-corrected chi connectivity index (χ2v) is 7.73. The number of anilines is 2. The number of amides is 1. The number of para-hydroxylation sites is 2. The van der Waals surface area contributed by atoms with Gasteiger partial charge < -0.3 is 20.9 Å². The van der Waals surface area contributed by atoms with Gasteiger partial charge in [-0.1, -0.05) is 12.1 Å². The smallest absolute Gasteiger partial charge is 0.220 e. The number of rotatable bonds is 5. The number of hydrogen-bond donors (Lipinski definition) is 2. The van der Waals surface area contributed by atoms with Gasteiger partial charge in [0.1, 0.15) is 0 Å². The molecule has 0 bridgehead atoms. The fourth-order valence-corrected chi connectivity index (χ4v) is 4.06. The van der Waals surface area contributed by atoms with Crippen molar-refractivity contribution in [1.82, 2.24) is 4.90 Å². The van der Waals surface area contributed by atoms with Gasteiger partial charge in [0, 0.05) is 44.2 Å². The summed E-state index contributed by atoms with van der Waals surface area (Å²) >= 11 is 0. The molecule has 0 saturated carbocycles. The van der Waals surface area contributed by atoms with E-state index in [0.717, 1.165) is 25.9 Å². The number of benzene rings is 1. The Labute approximate surface area is 151 Å². The van der Waals surface area contributed by atoms with E-state index in [1.807, 2.05) is 0 Å². The predicted octanol–water partition coefficient (Wildman–Crippen LogP) is 2.67. The van der Waals surface area contributed by atoms with E-state index < -0.39 is 0 Å². The highest BCUT2D eigenvalue weighted by molar-refractivity contribution is 5.77. The first-order valence-electron chi connectivity index (χ1n) is 9.68. The summed E-state index contributed by atoms with van der Waals surface area (Å²) in [7, 11) is 0. The summed E-state index contributed by atoms with van der Waals surface area (Å²) in [5, 5.41) is 3.78. The lowest BCUT2D eigenvalue weighted by atomic mass is 9.95. The number of nitrogens with zero attached hydrogens (tertiary/aromatic N) is 2. The minimum atomic E-state index is -0.150. The van der Waals surface area contributed by atoms with Crippen LogP contribution in [0.3, 0.4) is 0 Å². The molecule has 2 aliphatic heterocycles. The Hall–Kier alpha value is -1.75. The van der Waals surface area contributed by atoms with Crippen molar-refractivity contribution in [1.29, 1.82) is 0 Å². The SMILES string of the molecule is CC(C)N1CCC(Nc2ccccc2N2CCC(C(N)=O)CC2)CC1. The average molecular weight is 345 g/mol. The van der Waals surface area contributed by atoms with Crippen LogP contribution in [0, 0.1) is 5.92 Å². The number of nitrogens with two attached hydrogens (primary N) is 1. The summed E-state index contributed by atoms with van der Waals surface area (Å²) in [4.78, 5) is 16.3. The van der Waals surface area contributed by atoms with Crippen molar-refractivity contribution in [3.05, 3.63) is 24.3 Å². The number of hydrogen-bond acceptors (Lipinski definition) is 4.